The van der Waals surface area contributed by atoms with Crippen LogP contribution in [0.1, 0.15) is 0 Å². The lowest BCUT2D eigenvalue weighted by Gasteiger charge is -1.64. The van der Waals surface area contributed by atoms with E-state index in [1.165, 1.54) is 0 Å². The molecule has 102 valence electrons. The molecule has 0 aromatic carbocycles. The Morgan fingerprint density at radius 1 is 0.778 bits per heavy atom. The molecule has 1 fully saturated rings. The molecule has 1 aliphatic rings. The van der Waals surface area contributed by atoms with E-state index in [0.29, 0.717) is 0 Å². The van der Waals surface area contributed by atoms with E-state index < -0.39 is 17.9 Å². The second kappa shape index (κ2) is 17.0. The van der Waals surface area contributed by atoms with Gasteiger partial charge in [-0.1, -0.05) is 19.7 Å². The van der Waals surface area contributed by atoms with Crippen LogP contribution in [-0.2, 0) is 19.1 Å². The zero-order valence-electron chi connectivity index (χ0n) is 9.74. The van der Waals surface area contributed by atoms with Crippen molar-refractivity contribution < 1.29 is 34.4 Å². The summed E-state index contributed by atoms with van der Waals surface area (Å²) in [6.07, 6.45) is 2.50. The van der Waals surface area contributed by atoms with Crippen LogP contribution < -0.4 is 0 Å². The van der Waals surface area contributed by atoms with Gasteiger partial charge in [-0.3, -0.25) is 0 Å². The first-order valence-corrected chi connectivity index (χ1v) is 4.45. The molecule has 7 nitrogen and oxygen atoms in total. The third kappa shape index (κ3) is 102. The number of aliphatic carboxylic acids is 3. The number of carbonyl (C=O) groups is 3. The van der Waals surface area contributed by atoms with Crippen LogP contribution >= 0.6 is 0 Å². The number of carboxylic acid groups (broad SMARTS) is 3. The summed E-state index contributed by atoms with van der Waals surface area (Å²) in [6.45, 7) is 10.9. The van der Waals surface area contributed by atoms with Crippen LogP contribution in [0.4, 0.5) is 0 Å². The topological polar surface area (TPSA) is 124 Å². The molecule has 18 heavy (non-hydrogen) atoms. The van der Waals surface area contributed by atoms with Gasteiger partial charge in [-0.2, -0.15) is 0 Å². The smallest absolute Gasteiger partial charge is 0.327 e. The van der Waals surface area contributed by atoms with Gasteiger partial charge in [-0.15, -0.1) is 0 Å². The van der Waals surface area contributed by atoms with Gasteiger partial charge in [0.05, 0.1) is 13.2 Å². The Balaban J connectivity index is -0.000000168. The maximum atomic E-state index is 9.25. The van der Waals surface area contributed by atoms with Crippen LogP contribution in [-0.4, -0.2) is 46.4 Å². The van der Waals surface area contributed by atoms with Crippen LogP contribution in [0.2, 0.25) is 0 Å². The van der Waals surface area contributed by atoms with E-state index in [-0.39, 0.29) is 0 Å². The molecule has 0 spiro atoms. The quantitative estimate of drug-likeness (QED) is 0.506. The summed E-state index contributed by atoms with van der Waals surface area (Å²) in [7, 11) is 0. The lowest BCUT2D eigenvalue weighted by atomic mass is 10.7. The van der Waals surface area contributed by atoms with Gasteiger partial charge in [0.15, 0.2) is 0 Å². The highest BCUT2D eigenvalue weighted by molar-refractivity contribution is 5.79. The van der Waals surface area contributed by atoms with Crippen LogP contribution in [0, 0.1) is 0 Å². The Kier molecular flexibility index (Phi) is 19.8. The summed E-state index contributed by atoms with van der Waals surface area (Å²) < 4.78 is 4.50. The predicted molar refractivity (Wildman–Crippen MR) is 64.3 cm³/mol. The third-order valence-electron chi connectivity index (χ3n) is 0.728. The Hall–Kier alpha value is -2.41. The molecule has 3 N–H and O–H groups in total. The summed E-state index contributed by atoms with van der Waals surface area (Å²) in [4.78, 5) is 27.8. The zero-order valence-corrected chi connectivity index (χ0v) is 9.74. The molecule has 0 atom stereocenters. The second-order valence-electron chi connectivity index (χ2n) is 2.24. The van der Waals surface area contributed by atoms with Crippen LogP contribution in [0.25, 0.3) is 0 Å². The number of hydrogen-bond donors (Lipinski definition) is 3. The first-order valence-electron chi connectivity index (χ1n) is 4.45. The Bertz CT molecular complexity index is 246. The highest BCUT2D eigenvalue weighted by Crippen LogP contribution is 1.84. The van der Waals surface area contributed by atoms with Crippen molar-refractivity contribution >= 4 is 17.9 Å². The van der Waals surface area contributed by atoms with Crippen molar-refractivity contribution in [2.75, 3.05) is 13.2 Å². The minimum absolute atomic E-state index is 0.833. The number of ether oxygens (including phenoxy) is 1. The fraction of sp³-hybridized carbons (Fsp3) is 0.182. The second-order valence-corrected chi connectivity index (χ2v) is 2.24. The standard InChI is InChI=1S/3C3H4O2.C2H4O/c3*1-2-3(4)5;1-2-3-1/h3*2H,1H2,(H,4,5);1-2H2. The van der Waals surface area contributed by atoms with E-state index in [1.807, 2.05) is 0 Å². The van der Waals surface area contributed by atoms with Crippen molar-refractivity contribution in [3.63, 3.8) is 0 Å². The molecule has 0 unspecified atom stereocenters. The lowest BCUT2D eigenvalue weighted by molar-refractivity contribution is -0.132. The monoisotopic (exact) mass is 260 g/mol. The molecule has 1 rings (SSSR count). The minimum Gasteiger partial charge on any atom is -0.478 e. The Labute approximate surface area is 104 Å². The molecule has 1 aliphatic heterocycles. The van der Waals surface area contributed by atoms with Gasteiger partial charge in [0, 0.05) is 18.2 Å². The average molecular weight is 260 g/mol. The van der Waals surface area contributed by atoms with Gasteiger partial charge in [-0.05, 0) is 0 Å². The molecule has 0 saturated carbocycles. The highest BCUT2D eigenvalue weighted by Gasteiger charge is 1.94. The number of rotatable bonds is 3. The van der Waals surface area contributed by atoms with Crippen LogP contribution in [0.3, 0.4) is 0 Å². The fourth-order valence-electron chi connectivity index (χ4n) is 0. The van der Waals surface area contributed by atoms with E-state index in [2.05, 4.69) is 24.5 Å². The normalized spacial score (nSPS) is 9.33. The third-order valence-corrected chi connectivity index (χ3v) is 0.728. The summed E-state index contributed by atoms with van der Waals surface area (Å²) in [5.74, 6) is -2.94. The van der Waals surface area contributed by atoms with Gasteiger partial charge >= 0.3 is 17.9 Å². The zero-order chi connectivity index (χ0) is 15.0. The summed E-state index contributed by atoms with van der Waals surface area (Å²) in [6, 6.07) is 0. The largest absolute Gasteiger partial charge is 0.478 e. The molecular weight excluding hydrogens is 244 g/mol. The molecule has 1 saturated heterocycles. The van der Waals surface area contributed by atoms with Crippen molar-refractivity contribution in [1.82, 2.24) is 0 Å². The Morgan fingerprint density at radius 2 is 0.889 bits per heavy atom. The van der Waals surface area contributed by atoms with Crippen molar-refractivity contribution in [1.29, 1.82) is 0 Å². The summed E-state index contributed by atoms with van der Waals surface area (Å²) >= 11 is 0. The molecule has 1 heterocycles. The van der Waals surface area contributed by atoms with Crippen LogP contribution in [0.5, 0.6) is 0 Å². The maximum absolute atomic E-state index is 9.25. The van der Waals surface area contributed by atoms with Crippen molar-refractivity contribution in [2.45, 2.75) is 0 Å². The highest BCUT2D eigenvalue weighted by atomic mass is 16.6. The van der Waals surface area contributed by atoms with Crippen molar-refractivity contribution in [3.05, 3.63) is 38.0 Å². The minimum atomic E-state index is -0.981. The van der Waals surface area contributed by atoms with Gasteiger partial charge in [0.1, 0.15) is 0 Å². The van der Waals surface area contributed by atoms with Crippen molar-refractivity contribution in [2.24, 2.45) is 0 Å². The molecule has 0 aromatic rings. The van der Waals surface area contributed by atoms with E-state index in [9.17, 15) is 14.4 Å². The van der Waals surface area contributed by atoms with Gasteiger partial charge in [0.25, 0.3) is 0 Å². The molecule has 0 aliphatic carbocycles. The first kappa shape index (κ1) is 20.9. The number of epoxide rings is 1. The molecule has 7 heteroatoms. The van der Waals surface area contributed by atoms with E-state index in [1.54, 1.807) is 0 Å². The predicted octanol–water partition coefficient (Wildman–Crippen LogP) is 0.788. The number of hydrogen-bond acceptors (Lipinski definition) is 4. The van der Waals surface area contributed by atoms with Gasteiger partial charge in [0.2, 0.25) is 0 Å². The number of carboxylic acids is 3. The Morgan fingerprint density at radius 3 is 0.889 bits per heavy atom. The summed E-state index contributed by atoms with van der Waals surface area (Å²) in [5, 5.41) is 22.8. The average Bonchev–Trinajstić information content (AvgIpc) is 3.18. The van der Waals surface area contributed by atoms with E-state index in [4.69, 9.17) is 15.3 Å². The molecule has 0 amide bonds. The molecular formula is C11H16O7. The summed E-state index contributed by atoms with van der Waals surface area (Å²) in [5.41, 5.74) is 0. The molecule has 0 bridgehead atoms. The lowest BCUT2D eigenvalue weighted by Crippen LogP contribution is -1.82. The SMILES string of the molecule is C1CO1.C=CC(=O)O.C=CC(=O)O.C=CC(=O)O. The van der Waals surface area contributed by atoms with Crippen LogP contribution in [0.15, 0.2) is 38.0 Å². The molecule has 0 radical (unpaired) electrons. The molecule has 0 aromatic heterocycles. The fourth-order valence-corrected chi connectivity index (χ4v) is 0. The van der Waals surface area contributed by atoms with Gasteiger partial charge < -0.3 is 20.1 Å². The van der Waals surface area contributed by atoms with E-state index in [0.717, 1.165) is 31.4 Å². The first-order chi connectivity index (χ1) is 8.31. The van der Waals surface area contributed by atoms with E-state index >= 15 is 0 Å². The van der Waals surface area contributed by atoms with Gasteiger partial charge in [-0.25, -0.2) is 14.4 Å². The van der Waals surface area contributed by atoms with Crippen molar-refractivity contribution in [3.8, 4) is 0 Å². The maximum Gasteiger partial charge on any atom is 0.327 e.